The molecule has 35 heavy (non-hydrogen) atoms. The number of thiazole rings is 1. The standard InChI is InChI=1S/C26H21ClN2O5S/c27-17-9-10-21(33-15-24(30)31)19(13-17)25-18-6-2-1-5-16(18)11-12-29(25)26(32)34-14-23-28-20-7-3-4-8-22(20)35-23/h1-10,13,25H,11-12,14-15H2,(H,30,31). The van der Waals surface area contributed by atoms with Gasteiger partial charge in [-0.1, -0.05) is 48.0 Å². The molecule has 2 heterocycles. The summed E-state index contributed by atoms with van der Waals surface area (Å²) in [4.78, 5) is 30.7. The molecule has 0 radical (unpaired) electrons. The van der Waals surface area contributed by atoms with E-state index in [1.54, 1.807) is 23.1 Å². The molecule has 0 saturated carbocycles. The van der Waals surface area contributed by atoms with Gasteiger partial charge >= 0.3 is 12.1 Å². The maximum atomic E-state index is 13.4. The van der Waals surface area contributed by atoms with Gasteiger partial charge in [0.05, 0.1) is 16.3 Å². The third-order valence-corrected chi connectivity index (χ3v) is 7.04. The number of hydrogen-bond donors (Lipinski definition) is 1. The van der Waals surface area contributed by atoms with E-state index in [9.17, 15) is 9.59 Å². The number of fused-ring (bicyclic) bond motifs is 2. The summed E-state index contributed by atoms with van der Waals surface area (Å²) in [6, 6.07) is 20.0. The molecular weight excluding hydrogens is 488 g/mol. The summed E-state index contributed by atoms with van der Waals surface area (Å²) >= 11 is 7.80. The van der Waals surface area contributed by atoms with Gasteiger partial charge in [0.25, 0.3) is 0 Å². The molecule has 178 valence electrons. The van der Waals surface area contributed by atoms with Crippen LogP contribution in [0.4, 0.5) is 4.79 Å². The Hall–Kier alpha value is -3.62. The Morgan fingerprint density at radius 1 is 1.09 bits per heavy atom. The van der Waals surface area contributed by atoms with E-state index in [1.807, 2.05) is 48.5 Å². The maximum absolute atomic E-state index is 13.4. The molecule has 0 saturated heterocycles. The van der Waals surface area contributed by atoms with E-state index >= 15 is 0 Å². The van der Waals surface area contributed by atoms with Crippen LogP contribution in [0.25, 0.3) is 10.2 Å². The monoisotopic (exact) mass is 508 g/mol. The molecule has 5 rings (SSSR count). The fourth-order valence-electron chi connectivity index (χ4n) is 4.29. The van der Waals surface area contributed by atoms with Crippen molar-refractivity contribution in [2.24, 2.45) is 0 Å². The molecule has 4 aromatic rings. The van der Waals surface area contributed by atoms with Crippen LogP contribution in [0.15, 0.2) is 66.7 Å². The van der Waals surface area contributed by atoms with Crippen molar-refractivity contribution >= 4 is 45.2 Å². The number of rotatable bonds is 6. The molecule has 3 aromatic carbocycles. The van der Waals surface area contributed by atoms with Crippen LogP contribution in [-0.4, -0.2) is 40.2 Å². The zero-order valence-electron chi connectivity index (χ0n) is 18.5. The first-order valence-electron chi connectivity index (χ1n) is 11.0. The predicted molar refractivity (Wildman–Crippen MR) is 133 cm³/mol. The summed E-state index contributed by atoms with van der Waals surface area (Å²) in [6.45, 7) is -0.0305. The van der Waals surface area contributed by atoms with Crippen LogP contribution in [0, 0.1) is 0 Å². The SMILES string of the molecule is O=C(O)COc1ccc(Cl)cc1C1c2ccccc2CCN1C(=O)OCc1nc2ccccc2s1. The van der Waals surface area contributed by atoms with Gasteiger partial charge in [0.1, 0.15) is 17.4 Å². The predicted octanol–water partition coefficient (Wildman–Crippen LogP) is 5.70. The molecule has 0 fully saturated rings. The second-order valence-corrected chi connectivity index (χ2v) is 9.59. The van der Waals surface area contributed by atoms with Crippen molar-refractivity contribution in [3.05, 3.63) is 93.5 Å². The molecule has 1 unspecified atom stereocenters. The van der Waals surface area contributed by atoms with E-state index in [0.29, 0.717) is 34.3 Å². The number of aliphatic carboxylic acids is 1. The van der Waals surface area contributed by atoms with E-state index in [1.165, 1.54) is 11.3 Å². The minimum atomic E-state index is -1.10. The van der Waals surface area contributed by atoms with Crippen molar-refractivity contribution in [3.8, 4) is 5.75 Å². The number of aromatic nitrogens is 1. The summed E-state index contributed by atoms with van der Waals surface area (Å²) in [5, 5.41) is 10.3. The van der Waals surface area contributed by atoms with Gasteiger partial charge in [-0.25, -0.2) is 14.6 Å². The van der Waals surface area contributed by atoms with E-state index in [2.05, 4.69) is 4.98 Å². The summed E-state index contributed by atoms with van der Waals surface area (Å²) in [6.07, 6.45) is 0.169. The average molecular weight is 509 g/mol. The van der Waals surface area contributed by atoms with Crippen LogP contribution in [0.1, 0.15) is 27.7 Å². The minimum Gasteiger partial charge on any atom is -0.482 e. The quantitative estimate of drug-likeness (QED) is 0.359. The molecule has 1 aromatic heterocycles. The van der Waals surface area contributed by atoms with E-state index in [0.717, 1.165) is 21.3 Å². The average Bonchev–Trinajstić information content (AvgIpc) is 3.29. The number of amides is 1. The Kier molecular flexibility index (Phi) is 6.57. The Morgan fingerprint density at radius 2 is 1.89 bits per heavy atom. The minimum absolute atomic E-state index is 0.0565. The molecule has 7 nitrogen and oxygen atoms in total. The highest BCUT2D eigenvalue weighted by atomic mass is 35.5. The molecule has 0 spiro atoms. The molecule has 0 aliphatic carbocycles. The molecule has 1 aliphatic rings. The number of nitrogens with zero attached hydrogens (tertiary/aromatic N) is 2. The first kappa shape index (κ1) is 23.1. The van der Waals surface area contributed by atoms with E-state index in [4.69, 9.17) is 26.2 Å². The smallest absolute Gasteiger partial charge is 0.410 e. The Balaban J connectivity index is 1.46. The number of carboxylic acids is 1. The lowest BCUT2D eigenvalue weighted by atomic mass is 9.88. The van der Waals surface area contributed by atoms with Gasteiger partial charge in [-0.05, 0) is 47.9 Å². The van der Waals surface area contributed by atoms with Gasteiger partial charge in [-0.3, -0.25) is 4.90 Å². The Labute approximate surface area is 210 Å². The highest BCUT2D eigenvalue weighted by Crippen LogP contribution is 2.41. The lowest BCUT2D eigenvalue weighted by Crippen LogP contribution is -2.41. The van der Waals surface area contributed by atoms with Crippen molar-refractivity contribution in [3.63, 3.8) is 0 Å². The normalized spacial score (nSPS) is 15.0. The summed E-state index contributed by atoms with van der Waals surface area (Å²) in [5.41, 5.74) is 3.48. The molecular formula is C26H21ClN2O5S. The molecule has 1 N–H and O–H groups in total. The van der Waals surface area contributed by atoms with Gasteiger partial charge in [0.15, 0.2) is 6.61 Å². The molecule has 9 heteroatoms. The van der Waals surface area contributed by atoms with Crippen LogP contribution in [0.5, 0.6) is 5.75 Å². The van der Waals surface area contributed by atoms with Crippen molar-refractivity contribution in [2.45, 2.75) is 19.1 Å². The summed E-state index contributed by atoms with van der Waals surface area (Å²) in [7, 11) is 0. The molecule has 1 amide bonds. The number of ether oxygens (including phenoxy) is 2. The number of carbonyl (C=O) groups excluding carboxylic acids is 1. The van der Waals surface area contributed by atoms with Crippen molar-refractivity contribution < 1.29 is 24.2 Å². The number of para-hydroxylation sites is 1. The van der Waals surface area contributed by atoms with E-state index in [-0.39, 0.29) is 6.61 Å². The summed E-state index contributed by atoms with van der Waals surface area (Å²) in [5.74, 6) is -0.746. The number of carbonyl (C=O) groups is 2. The van der Waals surface area contributed by atoms with Crippen LogP contribution in [0.3, 0.4) is 0 Å². The largest absolute Gasteiger partial charge is 0.482 e. The van der Waals surface area contributed by atoms with Crippen LogP contribution >= 0.6 is 22.9 Å². The van der Waals surface area contributed by atoms with Crippen LogP contribution in [-0.2, 0) is 22.6 Å². The lowest BCUT2D eigenvalue weighted by molar-refractivity contribution is -0.139. The molecule has 1 atom stereocenters. The van der Waals surface area contributed by atoms with Crippen LogP contribution in [0.2, 0.25) is 5.02 Å². The van der Waals surface area contributed by atoms with Crippen LogP contribution < -0.4 is 4.74 Å². The highest BCUT2D eigenvalue weighted by Gasteiger charge is 2.35. The van der Waals surface area contributed by atoms with Crippen molar-refractivity contribution in [2.75, 3.05) is 13.2 Å². The third-order valence-electron chi connectivity index (χ3n) is 5.79. The van der Waals surface area contributed by atoms with Gasteiger partial charge in [-0.2, -0.15) is 0 Å². The topological polar surface area (TPSA) is 89.0 Å². The second-order valence-electron chi connectivity index (χ2n) is 8.04. The second kappa shape index (κ2) is 9.93. The number of halogens is 1. The van der Waals surface area contributed by atoms with Crippen molar-refractivity contribution in [1.82, 2.24) is 9.88 Å². The Bertz CT molecular complexity index is 1370. The number of hydrogen-bond acceptors (Lipinski definition) is 6. The summed E-state index contributed by atoms with van der Waals surface area (Å²) < 4.78 is 12.3. The molecule has 1 aliphatic heterocycles. The fraction of sp³-hybridized carbons (Fsp3) is 0.192. The number of benzene rings is 3. The zero-order valence-corrected chi connectivity index (χ0v) is 20.1. The molecule has 0 bridgehead atoms. The third kappa shape index (κ3) is 4.94. The van der Waals surface area contributed by atoms with Crippen molar-refractivity contribution in [1.29, 1.82) is 0 Å². The van der Waals surface area contributed by atoms with Gasteiger partial charge in [0, 0.05) is 17.1 Å². The first-order valence-corrected chi connectivity index (χ1v) is 12.2. The first-order chi connectivity index (χ1) is 17.0. The van der Waals surface area contributed by atoms with Gasteiger partial charge < -0.3 is 14.6 Å². The van der Waals surface area contributed by atoms with E-state index < -0.39 is 24.7 Å². The maximum Gasteiger partial charge on any atom is 0.410 e. The zero-order chi connectivity index (χ0) is 24.4. The van der Waals surface area contributed by atoms with Gasteiger partial charge in [-0.15, -0.1) is 11.3 Å². The van der Waals surface area contributed by atoms with Gasteiger partial charge in [0.2, 0.25) is 0 Å². The fourth-order valence-corrected chi connectivity index (χ4v) is 5.35. The number of carboxylic acid groups (broad SMARTS) is 1. The highest BCUT2D eigenvalue weighted by molar-refractivity contribution is 7.18. The Morgan fingerprint density at radius 3 is 2.71 bits per heavy atom. The lowest BCUT2D eigenvalue weighted by Gasteiger charge is -2.37.